The van der Waals surface area contributed by atoms with Crippen LogP contribution >= 0.6 is 0 Å². The van der Waals surface area contributed by atoms with Gasteiger partial charge in [0.15, 0.2) is 0 Å². The van der Waals surface area contributed by atoms with Gasteiger partial charge >= 0.3 is 5.97 Å². The molecule has 2 aliphatic carbocycles. The minimum atomic E-state index is -0.833. The number of carbonyl (C=O) groups excluding carboxylic acids is 3. The lowest BCUT2D eigenvalue weighted by atomic mass is 9.93. The number of carboxylic acid groups (broad SMARTS) is 1. The van der Waals surface area contributed by atoms with Gasteiger partial charge in [-0.05, 0) is 84.0 Å². The third kappa shape index (κ3) is 35.4. The summed E-state index contributed by atoms with van der Waals surface area (Å²) in [5, 5.41) is 7.42. The van der Waals surface area contributed by atoms with Crippen molar-refractivity contribution in [2.45, 2.75) is 213 Å². The van der Waals surface area contributed by atoms with Gasteiger partial charge in [-0.3, -0.25) is 19.2 Å². The van der Waals surface area contributed by atoms with Crippen molar-refractivity contribution in [3.8, 4) is 0 Å². The van der Waals surface area contributed by atoms with Gasteiger partial charge in [-0.15, -0.1) is 0 Å². The first-order chi connectivity index (χ1) is 23.9. The van der Waals surface area contributed by atoms with E-state index in [1.54, 1.807) is 6.92 Å². The Balaban J connectivity index is 0.000000863. The van der Waals surface area contributed by atoms with Crippen LogP contribution in [0.15, 0.2) is 24.3 Å². The monoisotopic (exact) mass is 689 g/mol. The molecule has 0 aliphatic heterocycles. The van der Waals surface area contributed by atoms with E-state index in [0.717, 1.165) is 58.3 Å². The molecule has 0 fully saturated rings. The largest absolute Gasteiger partial charge is 0.481 e. The molecule has 0 aromatic heterocycles. The Morgan fingerprint density at radius 3 is 1.22 bits per heavy atom. The Bertz CT molecular complexity index is 832. The zero-order valence-corrected chi connectivity index (χ0v) is 32.0. The van der Waals surface area contributed by atoms with E-state index in [9.17, 15) is 14.4 Å². The van der Waals surface area contributed by atoms with Crippen molar-refractivity contribution >= 4 is 23.5 Å². The number of allylic oxidation sites excluding steroid dienone is 4. The Morgan fingerprint density at radius 1 is 0.551 bits per heavy atom. The second-order valence-corrected chi connectivity index (χ2v) is 14.1. The highest BCUT2D eigenvalue weighted by Crippen LogP contribution is 2.19. The zero-order valence-electron chi connectivity index (χ0n) is 32.0. The number of carbonyl (C=O) groups is 4. The van der Waals surface area contributed by atoms with Gasteiger partial charge in [0, 0.05) is 26.2 Å². The molecule has 0 aromatic carbocycles. The number of esters is 1. The van der Waals surface area contributed by atoms with E-state index in [2.05, 4.69) is 24.3 Å². The van der Waals surface area contributed by atoms with E-state index in [0.29, 0.717) is 25.2 Å². The summed E-state index contributed by atoms with van der Waals surface area (Å²) in [6.45, 7) is 3.25. The molecule has 2 aliphatic rings. The van der Waals surface area contributed by atoms with E-state index in [1.807, 2.05) is 0 Å². The van der Waals surface area contributed by atoms with Crippen LogP contribution in [0.3, 0.4) is 0 Å². The fraction of sp³-hybridized carbons (Fsp3) is 0.814. The van der Waals surface area contributed by atoms with Gasteiger partial charge < -0.3 is 9.84 Å². The van der Waals surface area contributed by atoms with Crippen molar-refractivity contribution in [1.82, 2.24) is 0 Å². The second kappa shape index (κ2) is 37.0. The minimum absolute atomic E-state index is 0.0977. The molecule has 0 spiro atoms. The summed E-state index contributed by atoms with van der Waals surface area (Å²) in [5.74, 6) is -1.05. The molecule has 49 heavy (non-hydrogen) atoms. The summed E-state index contributed by atoms with van der Waals surface area (Å²) in [6, 6.07) is 0. The lowest BCUT2D eigenvalue weighted by Crippen LogP contribution is -2.26. The van der Waals surface area contributed by atoms with Gasteiger partial charge in [-0.1, -0.05) is 127 Å². The molecule has 1 atom stereocenters. The maximum atomic E-state index is 12.5. The predicted molar refractivity (Wildman–Crippen MR) is 205 cm³/mol. The van der Waals surface area contributed by atoms with Gasteiger partial charge in [-0.2, -0.15) is 0 Å². The fourth-order valence-electron chi connectivity index (χ4n) is 6.42. The third-order valence-corrected chi connectivity index (χ3v) is 9.35. The molecular weight excluding hydrogens is 612 g/mol. The summed E-state index contributed by atoms with van der Waals surface area (Å²) in [4.78, 5) is 45.3. The number of rotatable bonds is 2. The van der Waals surface area contributed by atoms with Crippen LogP contribution in [0.4, 0.5) is 0 Å². The maximum Gasteiger partial charge on any atom is 0.316 e. The highest BCUT2D eigenvalue weighted by Gasteiger charge is 2.26. The number of hydrogen-bond acceptors (Lipinski definition) is 5. The summed E-state index contributed by atoms with van der Waals surface area (Å²) in [7, 11) is 0. The molecule has 6 nitrogen and oxygen atoms in total. The molecule has 284 valence electrons. The SMILES string of the molecule is CC(=O)O.CCOC(=O)C1CCCCCCC/C=C\CCCCCCCCC1=O.O=C1CCCCCCCC/C=C\CCCCCCCC1. The lowest BCUT2D eigenvalue weighted by molar-refractivity contribution is -0.152. The molecule has 0 saturated heterocycles. The minimum Gasteiger partial charge on any atom is -0.481 e. The van der Waals surface area contributed by atoms with Gasteiger partial charge in [0.1, 0.15) is 17.5 Å². The molecule has 1 unspecified atom stereocenters. The first kappa shape index (κ1) is 46.8. The van der Waals surface area contributed by atoms with Gasteiger partial charge in [-0.25, -0.2) is 0 Å². The van der Waals surface area contributed by atoms with Crippen LogP contribution in [-0.2, 0) is 23.9 Å². The smallest absolute Gasteiger partial charge is 0.316 e. The van der Waals surface area contributed by atoms with Crippen molar-refractivity contribution in [3.63, 3.8) is 0 Å². The average Bonchev–Trinajstić information content (AvgIpc) is 3.06. The van der Waals surface area contributed by atoms with Gasteiger partial charge in [0.25, 0.3) is 5.97 Å². The molecule has 0 heterocycles. The first-order valence-corrected chi connectivity index (χ1v) is 20.6. The fourth-order valence-corrected chi connectivity index (χ4v) is 6.42. The van der Waals surface area contributed by atoms with Crippen LogP contribution < -0.4 is 0 Å². The van der Waals surface area contributed by atoms with E-state index in [1.165, 1.54) is 135 Å². The molecule has 0 radical (unpaired) electrons. The van der Waals surface area contributed by atoms with Crippen LogP contribution in [-0.4, -0.2) is 35.2 Å². The zero-order chi connectivity index (χ0) is 36.0. The van der Waals surface area contributed by atoms with Gasteiger partial charge in [0.2, 0.25) is 0 Å². The van der Waals surface area contributed by atoms with Crippen molar-refractivity contribution < 1.29 is 29.0 Å². The molecule has 1 N–H and O–H groups in total. The van der Waals surface area contributed by atoms with Crippen LogP contribution in [0.5, 0.6) is 0 Å². The molecule has 0 bridgehead atoms. The number of carboxylic acids is 1. The van der Waals surface area contributed by atoms with E-state index in [4.69, 9.17) is 14.6 Å². The van der Waals surface area contributed by atoms with Crippen LogP contribution in [0.2, 0.25) is 0 Å². The van der Waals surface area contributed by atoms with Crippen molar-refractivity contribution in [3.05, 3.63) is 24.3 Å². The van der Waals surface area contributed by atoms with Crippen LogP contribution in [0, 0.1) is 5.92 Å². The highest BCUT2D eigenvalue weighted by atomic mass is 16.5. The van der Waals surface area contributed by atoms with E-state index in [-0.39, 0.29) is 11.8 Å². The Hall–Kier alpha value is -2.24. The van der Waals surface area contributed by atoms with Crippen LogP contribution in [0.1, 0.15) is 213 Å². The second-order valence-electron chi connectivity index (χ2n) is 14.1. The molecule has 0 aromatic rings. The number of hydrogen-bond donors (Lipinski definition) is 1. The molecule has 0 amide bonds. The normalized spacial score (nSPS) is 22.9. The summed E-state index contributed by atoms with van der Waals surface area (Å²) in [6.07, 6.45) is 45.5. The maximum absolute atomic E-state index is 12.5. The topological polar surface area (TPSA) is 97.7 Å². The van der Waals surface area contributed by atoms with E-state index >= 15 is 0 Å². The molecule has 6 heteroatoms. The summed E-state index contributed by atoms with van der Waals surface area (Å²) < 4.78 is 5.13. The standard InChI is InChI=1S/C22H38O3.C19H34O.C2H4O2/c1-2-25-22(24)20-18-16-14-12-10-8-6-4-3-5-7-9-11-13-15-17-19-21(20)23;20-19-17-15-13-11-9-7-5-3-1-2-4-6-8-10-12-14-16-18-19;1-2(3)4/h3-4,20H,2,5-19H2,1H3;1-2H,3-18H2;1H3,(H,3,4)/b4-3-;2-1-;. The Morgan fingerprint density at radius 2 is 0.857 bits per heavy atom. The predicted octanol–water partition coefficient (Wildman–Crippen LogP) is 12.6. The van der Waals surface area contributed by atoms with Crippen molar-refractivity contribution in [2.24, 2.45) is 5.92 Å². The lowest BCUT2D eigenvalue weighted by Gasteiger charge is -2.14. The number of Topliss-reactive ketones (excluding diaryl/α,β-unsaturated/α-hetero) is 2. The molecule has 2 rings (SSSR count). The number of ether oxygens (including phenoxy) is 1. The Kier molecular flexibility index (Phi) is 35.3. The van der Waals surface area contributed by atoms with Crippen LogP contribution in [0.25, 0.3) is 0 Å². The number of ketones is 2. The van der Waals surface area contributed by atoms with Crippen molar-refractivity contribution in [2.75, 3.05) is 6.61 Å². The quantitative estimate of drug-likeness (QED) is 0.176. The third-order valence-electron chi connectivity index (χ3n) is 9.35. The Labute approximate surface area is 301 Å². The summed E-state index contributed by atoms with van der Waals surface area (Å²) in [5.41, 5.74) is 0. The van der Waals surface area contributed by atoms with Gasteiger partial charge in [0.05, 0.1) is 6.61 Å². The van der Waals surface area contributed by atoms with Crippen molar-refractivity contribution in [1.29, 1.82) is 0 Å². The summed E-state index contributed by atoms with van der Waals surface area (Å²) >= 11 is 0. The number of aliphatic carboxylic acids is 1. The highest BCUT2D eigenvalue weighted by molar-refractivity contribution is 5.98. The first-order valence-electron chi connectivity index (χ1n) is 20.6. The average molecular weight is 689 g/mol. The van der Waals surface area contributed by atoms with E-state index < -0.39 is 11.9 Å². The molecule has 0 saturated carbocycles. The molecular formula is C43H76O6.